The van der Waals surface area contributed by atoms with Crippen LogP contribution in [0, 0.1) is 6.92 Å². The molecule has 0 saturated carbocycles. The summed E-state index contributed by atoms with van der Waals surface area (Å²) in [5.74, 6) is 1.00. The number of ether oxygens (including phenoxy) is 2. The zero-order chi connectivity index (χ0) is 22.3. The second-order valence-electron chi connectivity index (χ2n) is 6.73. The molecule has 3 aromatic carbocycles. The van der Waals surface area contributed by atoms with Gasteiger partial charge in [-0.15, -0.1) is 0 Å². The number of carbonyl (C=O) groups excluding carboxylic acids is 1. The average molecular weight is 441 g/mol. The first-order chi connectivity index (χ1) is 14.9. The van der Waals surface area contributed by atoms with Gasteiger partial charge in [-0.2, -0.15) is 0 Å². The number of aryl methyl sites for hydroxylation is 1. The molecule has 0 radical (unpaired) electrons. The predicted molar refractivity (Wildman–Crippen MR) is 119 cm³/mol. The van der Waals surface area contributed by atoms with Crippen molar-refractivity contribution in [2.24, 2.45) is 0 Å². The molecule has 3 rings (SSSR count). The van der Waals surface area contributed by atoms with Gasteiger partial charge >= 0.3 is 0 Å². The molecular weight excluding hydrogens is 416 g/mol. The number of methoxy groups -OCH3 is 1. The highest BCUT2D eigenvalue weighted by Crippen LogP contribution is 2.21. The Labute approximate surface area is 182 Å². The van der Waals surface area contributed by atoms with Gasteiger partial charge in [-0.05, 0) is 48.9 Å². The standard InChI is InChI=1S/C23H24N2O5S/c1-17-11-12-18(15-22(17)25-31(27,28)21-9-4-3-5-10-21)23(26)24-13-14-30-20-8-6-7-19(16-20)29-2/h3-12,15-16,25H,13-14H2,1-2H3,(H,24,26). The molecule has 2 N–H and O–H groups in total. The smallest absolute Gasteiger partial charge is 0.261 e. The number of sulfonamides is 1. The number of nitrogens with one attached hydrogen (secondary N) is 2. The lowest BCUT2D eigenvalue weighted by Crippen LogP contribution is -2.28. The van der Waals surface area contributed by atoms with Crippen LogP contribution >= 0.6 is 0 Å². The van der Waals surface area contributed by atoms with Crippen molar-refractivity contribution in [2.75, 3.05) is 25.0 Å². The van der Waals surface area contributed by atoms with Gasteiger partial charge in [-0.25, -0.2) is 8.42 Å². The van der Waals surface area contributed by atoms with E-state index < -0.39 is 10.0 Å². The average Bonchev–Trinajstić information content (AvgIpc) is 2.78. The van der Waals surface area contributed by atoms with E-state index in [2.05, 4.69) is 10.0 Å². The van der Waals surface area contributed by atoms with Gasteiger partial charge in [0.15, 0.2) is 0 Å². The van der Waals surface area contributed by atoms with Gasteiger partial charge in [0, 0.05) is 11.6 Å². The maximum absolute atomic E-state index is 12.6. The lowest BCUT2D eigenvalue weighted by Gasteiger charge is -2.13. The molecular formula is C23H24N2O5S. The molecule has 0 aliphatic rings. The Kier molecular flexibility index (Phi) is 7.15. The molecule has 0 heterocycles. The Hall–Kier alpha value is -3.52. The number of hydrogen-bond acceptors (Lipinski definition) is 5. The highest BCUT2D eigenvalue weighted by molar-refractivity contribution is 7.92. The summed E-state index contributed by atoms with van der Waals surface area (Å²) in [7, 11) is -2.17. The summed E-state index contributed by atoms with van der Waals surface area (Å²) in [6, 6.07) is 20.1. The van der Waals surface area contributed by atoms with Gasteiger partial charge < -0.3 is 14.8 Å². The quantitative estimate of drug-likeness (QED) is 0.496. The first-order valence-electron chi connectivity index (χ1n) is 9.62. The van der Waals surface area contributed by atoms with Crippen molar-refractivity contribution in [2.45, 2.75) is 11.8 Å². The van der Waals surface area contributed by atoms with E-state index in [1.807, 2.05) is 12.1 Å². The molecule has 3 aromatic rings. The van der Waals surface area contributed by atoms with Crippen LogP contribution in [0.1, 0.15) is 15.9 Å². The second-order valence-corrected chi connectivity index (χ2v) is 8.41. The molecule has 0 spiro atoms. The minimum atomic E-state index is -3.75. The Morgan fingerprint density at radius 2 is 1.68 bits per heavy atom. The number of carbonyl (C=O) groups is 1. The molecule has 0 atom stereocenters. The van der Waals surface area contributed by atoms with Crippen LogP contribution in [-0.2, 0) is 10.0 Å². The minimum absolute atomic E-state index is 0.152. The van der Waals surface area contributed by atoms with Crippen LogP contribution in [0.15, 0.2) is 77.7 Å². The molecule has 0 aromatic heterocycles. The number of amides is 1. The van der Waals surface area contributed by atoms with Crippen LogP contribution in [0.2, 0.25) is 0 Å². The zero-order valence-electron chi connectivity index (χ0n) is 17.3. The van der Waals surface area contributed by atoms with Gasteiger partial charge in [-0.1, -0.05) is 30.3 Å². The number of anilines is 1. The molecule has 0 aliphatic carbocycles. The van der Waals surface area contributed by atoms with Crippen LogP contribution in [0.4, 0.5) is 5.69 Å². The van der Waals surface area contributed by atoms with Crippen molar-refractivity contribution >= 4 is 21.6 Å². The van der Waals surface area contributed by atoms with Crippen LogP contribution < -0.4 is 19.5 Å². The van der Waals surface area contributed by atoms with Gasteiger partial charge in [0.05, 0.1) is 24.2 Å². The SMILES string of the molecule is COc1cccc(OCCNC(=O)c2ccc(C)c(NS(=O)(=O)c3ccccc3)c2)c1. The van der Waals surface area contributed by atoms with Gasteiger partial charge in [0.25, 0.3) is 15.9 Å². The third-order valence-electron chi connectivity index (χ3n) is 4.50. The highest BCUT2D eigenvalue weighted by Gasteiger charge is 2.16. The molecule has 0 unspecified atom stereocenters. The Balaban J connectivity index is 1.60. The van der Waals surface area contributed by atoms with Crippen molar-refractivity contribution in [3.05, 3.63) is 83.9 Å². The normalized spacial score (nSPS) is 10.9. The first kappa shape index (κ1) is 22.2. The van der Waals surface area contributed by atoms with E-state index in [1.165, 1.54) is 18.2 Å². The van der Waals surface area contributed by atoms with Crippen LogP contribution in [0.3, 0.4) is 0 Å². The topological polar surface area (TPSA) is 93.7 Å². The molecule has 7 nitrogen and oxygen atoms in total. The van der Waals surface area contributed by atoms with E-state index in [1.54, 1.807) is 56.5 Å². The van der Waals surface area contributed by atoms with Crippen molar-refractivity contribution in [1.29, 1.82) is 0 Å². The van der Waals surface area contributed by atoms with Gasteiger partial charge in [-0.3, -0.25) is 9.52 Å². The van der Waals surface area contributed by atoms with Crippen LogP contribution in [-0.4, -0.2) is 34.6 Å². The first-order valence-corrected chi connectivity index (χ1v) is 11.1. The molecule has 0 aliphatic heterocycles. The maximum Gasteiger partial charge on any atom is 0.261 e. The monoisotopic (exact) mass is 440 g/mol. The molecule has 0 fully saturated rings. The summed E-state index contributed by atoms with van der Waals surface area (Å²) in [4.78, 5) is 12.6. The van der Waals surface area contributed by atoms with Crippen LogP contribution in [0.5, 0.6) is 11.5 Å². The summed E-state index contributed by atoms with van der Waals surface area (Å²) < 4.78 is 38.5. The van der Waals surface area contributed by atoms with E-state index in [0.717, 1.165) is 0 Å². The van der Waals surface area contributed by atoms with Crippen molar-refractivity contribution in [3.63, 3.8) is 0 Å². The lowest BCUT2D eigenvalue weighted by molar-refractivity contribution is 0.0947. The van der Waals surface area contributed by atoms with E-state index >= 15 is 0 Å². The molecule has 1 amide bonds. The molecule has 162 valence electrons. The third-order valence-corrected chi connectivity index (χ3v) is 5.88. The fourth-order valence-electron chi connectivity index (χ4n) is 2.80. The maximum atomic E-state index is 12.6. The highest BCUT2D eigenvalue weighted by atomic mass is 32.2. The minimum Gasteiger partial charge on any atom is -0.497 e. The van der Waals surface area contributed by atoms with E-state index in [9.17, 15) is 13.2 Å². The lowest BCUT2D eigenvalue weighted by atomic mass is 10.1. The fourth-order valence-corrected chi connectivity index (χ4v) is 3.95. The Bertz CT molecular complexity index is 1150. The largest absolute Gasteiger partial charge is 0.497 e. The number of hydrogen-bond donors (Lipinski definition) is 2. The summed E-state index contributed by atoms with van der Waals surface area (Å²) in [5, 5.41) is 2.77. The number of benzene rings is 3. The molecule has 8 heteroatoms. The van der Waals surface area contributed by atoms with Crippen molar-refractivity contribution in [1.82, 2.24) is 5.32 Å². The van der Waals surface area contributed by atoms with Crippen molar-refractivity contribution < 1.29 is 22.7 Å². The number of rotatable bonds is 9. The molecule has 0 saturated heterocycles. The Morgan fingerprint density at radius 3 is 2.42 bits per heavy atom. The van der Waals surface area contributed by atoms with E-state index in [4.69, 9.17) is 9.47 Å². The second kappa shape index (κ2) is 9.99. The third kappa shape index (κ3) is 5.99. The van der Waals surface area contributed by atoms with E-state index in [-0.39, 0.29) is 24.0 Å². The summed E-state index contributed by atoms with van der Waals surface area (Å²) in [6.07, 6.45) is 0. The molecule has 0 bridgehead atoms. The predicted octanol–water partition coefficient (Wildman–Crippen LogP) is 3.61. The van der Waals surface area contributed by atoms with Gasteiger partial charge in [0.2, 0.25) is 0 Å². The fraction of sp³-hybridized carbons (Fsp3) is 0.174. The Morgan fingerprint density at radius 1 is 0.935 bits per heavy atom. The van der Waals surface area contributed by atoms with E-state index in [0.29, 0.717) is 28.3 Å². The summed E-state index contributed by atoms with van der Waals surface area (Å²) >= 11 is 0. The molecule has 31 heavy (non-hydrogen) atoms. The van der Waals surface area contributed by atoms with Crippen molar-refractivity contribution in [3.8, 4) is 11.5 Å². The van der Waals surface area contributed by atoms with Gasteiger partial charge in [0.1, 0.15) is 18.1 Å². The summed E-state index contributed by atoms with van der Waals surface area (Å²) in [6.45, 7) is 2.33. The zero-order valence-corrected chi connectivity index (χ0v) is 18.1. The van der Waals surface area contributed by atoms with Crippen LogP contribution in [0.25, 0.3) is 0 Å². The summed E-state index contributed by atoms with van der Waals surface area (Å²) in [5.41, 5.74) is 1.40.